The first-order valence-electron chi connectivity index (χ1n) is 10.2. The first-order chi connectivity index (χ1) is 13.8. The van der Waals surface area contributed by atoms with E-state index in [-0.39, 0.29) is 0 Å². The second-order valence-corrected chi connectivity index (χ2v) is 9.66. The Morgan fingerprint density at radius 1 is 0.893 bits per heavy atom. The van der Waals surface area contributed by atoms with Crippen molar-refractivity contribution >= 4 is 48.4 Å². The molecule has 0 saturated carbocycles. The molecular weight excluding hydrogens is 430 g/mol. The molecular formula is C24H26BrNOS. The van der Waals surface area contributed by atoms with Gasteiger partial charge in [-0.05, 0) is 58.7 Å². The van der Waals surface area contributed by atoms with Crippen molar-refractivity contribution in [3.63, 3.8) is 0 Å². The van der Waals surface area contributed by atoms with Crippen LogP contribution < -0.4 is 4.74 Å². The van der Waals surface area contributed by atoms with Gasteiger partial charge in [-0.1, -0.05) is 57.2 Å². The number of fused-ring (bicyclic) bond motifs is 3. The third-order valence-corrected chi connectivity index (χ3v) is 6.83. The van der Waals surface area contributed by atoms with Gasteiger partial charge in [0.1, 0.15) is 5.75 Å². The molecule has 28 heavy (non-hydrogen) atoms. The van der Waals surface area contributed by atoms with E-state index in [4.69, 9.17) is 4.74 Å². The van der Waals surface area contributed by atoms with E-state index in [0.29, 0.717) is 0 Å². The molecule has 0 spiro atoms. The molecule has 0 bridgehead atoms. The number of halogens is 1. The van der Waals surface area contributed by atoms with Gasteiger partial charge in [-0.25, -0.2) is 0 Å². The topological polar surface area (TPSA) is 14.2 Å². The minimum atomic E-state index is 0.805. The lowest BCUT2D eigenvalue weighted by Gasteiger charge is -2.10. The quantitative estimate of drug-likeness (QED) is 0.231. The fourth-order valence-corrected chi connectivity index (χ4v) is 5.35. The number of para-hydroxylation sites is 1. The summed E-state index contributed by atoms with van der Waals surface area (Å²) >= 11 is 5.44. The van der Waals surface area contributed by atoms with Gasteiger partial charge in [-0.15, -0.1) is 11.3 Å². The Hall–Kier alpha value is -1.78. The minimum absolute atomic E-state index is 0.805. The smallest absolute Gasteiger partial charge is 0.119 e. The van der Waals surface area contributed by atoms with Gasteiger partial charge in [-0.2, -0.15) is 0 Å². The fraction of sp³-hybridized carbons (Fsp3) is 0.333. The van der Waals surface area contributed by atoms with Crippen LogP contribution in [-0.4, -0.2) is 11.2 Å². The number of nitrogens with zero attached hydrogens (tertiary/aromatic N) is 1. The standard InChI is InChI=1S/C24H26BrNOS/c1-2-3-4-5-6-9-16-27-19-14-12-18(13-15-19)26-21-11-8-7-10-20(21)24-22(26)17-23(25)28-24/h7-8,10-15,17H,2-6,9,16H2,1H3. The van der Waals surface area contributed by atoms with E-state index >= 15 is 0 Å². The SMILES string of the molecule is CCCCCCCCOc1ccc(-n2c3ccccc3c3sc(Br)cc32)cc1. The molecule has 4 rings (SSSR count). The molecule has 2 aromatic heterocycles. The molecule has 0 radical (unpaired) electrons. The van der Waals surface area contributed by atoms with Crippen molar-refractivity contribution in [3.05, 3.63) is 58.4 Å². The van der Waals surface area contributed by atoms with E-state index in [1.54, 1.807) is 11.3 Å². The lowest BCUT2D eigenvalue weighted by atomic mass is 10.1. The van der Waals surface area contributed by atoms with Crippen LogP contribution in [0.3, 0.4) is 0 Å². The van der Waals surface area contributed by atoms with Crippen molar-refractivity contribution in [1.82, 2.24) is 4.57 Å². The summed E-state index contributed by atoms with van der Waals surface area (Å²) in [6.07, 6.45) is 7.72. The third kappa shape index (κ3) is 4.13. The third-order valence-electron chi connectivity index (χ3n) is 5.17. The number of hydrogen-bond donors (Lipinski definition) is 0. The predicted molar refractivity (Wildman–Crippen MR) is 125 cm³/mol. The first kappa shape index (κ1) is 19.5. The van der Waals surface area contributed by atoms with Gasteiger partial charge in [-0.3, -0.25) is 0 Å². The van der Waals surface area contributed by atoms with Crippen molar-refractivity contribution in [2.45, 2.75) is 45.4 Å². The van der Waals surface area contributed by atoms with Crippen molar-refractivity contribution in [2.24, 2.45) is 0 Å². The highest BCUT2D eigenvalue weighted by Gasteiger charge is 2.14. The summed E-state index contributed by atoms with van der Waals surface area (Å²) in [5.74, 6) is 0.955. The Labute approximate surface area is 179 Å². The molecule has 0 aliphatic rings. The van der Waals surface area contributed by atoms with Gasteiger partial charge < -0.3 is 9.30 Å². The average Bonchev–Trinajstić information content (AvgIpc) is 3.23. The van der Waals surface area contributed by atoms with Gasteiger partial charge >= 0.3 is 0 Å². The summed E-state index contributed by atoms with van der Waals surface area (Å²) in [6, 6.07) is 19.3. The summed E-state index contributed by atoms with van der Waals surface area (Å²) in [7, 11) is 0. The molecule has 0 aliphatic heterocycles. The molecule has 0 aliphatic carbocycles. The van der Waals surface area contributed by atoms with Gasteiger partial charge in [0.2, 0.25) is 0 Å². The highest BCUT2D eigenvalue weighted by atomic mass is 79.9. The molecule has 4 heteroatoms. The summed E-state index contributed by atoms with van der Waals surface area (Å²) in [4.78, 5) is 0. The lowest BCUT2D eigenvalue weighted by Crippen LogP contribution is -1.98. The van der Waals surface area contributed by atoms with Crippen LogP contribution in [0.4, 0.5) is 0 Å². The first-order valence-corrected chi connectivity index (χ1v) is 11.8. The maximum Gasteiger partial charge on any atom is 0.119 e. The molecule has 2 heterocycles. The molecule has 0 saturated heterocycles. The van der Waals surface area contributed by atoms with Gasteiger partial charge in [0.25, 0.3) is 0 Å². The van der Waals surface area contributed by atoms with Crippen LogP contribution >= 0.6 is 27.3 Å². The summed E-state index contributed by atoms with van der Waals surface area (Å²) in [6.45, 7) is 3.06. The molecule has 0 atom stereocenters. The Kier molecular flexibility index (Phi) is 6.38. The molecule has 0 unspecified atom stereocenters. The maximum absolute atomic E-state index is 5.95. The number of aromatic nitrogens is 1. The summed E-state index contributed by atoms with van der Waals surface area (Å²) < 4.78 is 10.8. The summed E-state index contributed by atoms with van der Waals surface area (Å²) in [5, 5.41) is 1.30. The van der Waals surface area contributed by atoms with E-state index in [1.165, 1.54) is 58.9 Å². The monoisotopic (exact) mass is 455 g/mol. The normalized spacial score (nSPS) is 11.5. The zero-order valence-electron chi connectivity index (χ0n) is 16.3. The second kappa shape index (κ2) is 9.15. The number of thiophene rings is 1. The van der Waals surface area contributed by atoms with Crippen LogP contribution in [-0.2, 0) is 0 Å². The maximum atomic E-state index is 5.95. The van der Waals surface area contributed by atoms with E-state index in [9.17, 15) is 0 Å². The Balaban J connectivity index is 1.48. The molecule has 0 amide bonds. The van der Waals surface area contributed by atoms with Crippen LogP contribution in [0.1, 0.15) is 45.4 Å². The van der Waals surface area contributed by atoms with Crippen molar-refractivity contribution in [3.8, 4) is 11.4 Å². The average molecular weight is 456 g/mol. The highest BCUT2D eigenvalue weighted by Crippen LogP contribution is 2.39. The number of unbranched alkanes of at least 4 members (excludes halogenated alkanes) is 5. The van der Waals surface area contributed by atoms with E-state index in [0.717, 1.165) is 22.6 Å². The van der Waals surface area contributed by atoms with Crippen molar-refractivity contribution in [2.75, 3.05) is 6.61 Å². The van der Waals surface area contributed by atoms with E-state index in [2.05, 4.69) is 82.0 Å². The van der Waals surface area contributed by atoms with Crippen molar-refractivity contribution < 1.29 is 4.74 Å². The Morgan fingerprint density at radius 2 is 1.64 bits per heavy atom. The largest absolute Gasteiger partial charge is 0.494 e. The van der Waals surface area contributed by atoms with Gasteiger partial charge in [0.05, 0.1) is 26.1 Å². The molecule has 0 fully saturated rings. The zero-order chi connectivity index (χ0) is 19.3. The Bertz CT molecular complexity index is 1050. The van der Waals surface area contributed by atoms with Crippen molar-refractivity contribution in [1.29, 1.82) is 0 Å². The predicted octanol–water partition coefficient (Wildman–Crippen LogP) is 8.35. The van der Waals surface area contributed by atoms with Gasteiger partial charge in [0.15, 0.2) is 0 Å². The Morgan fingerprint density at radius 3 is 2.46 bits per heavy atom. The molecule has 2 nitrogen and oxygen atoms in total. The number of benzene rings is 2. The number of hydrogen-bond acceptors (Lipinski definition) is 2. The summed E-state index contributed by atoms with van der Waals surface area (Å²) in [5.41, 5.74) is 3.67. The van der Waals surface area contributed by atoms with Crippen LogP contribution in [0, 0.1) is 0 Å². The van der Waals surface area contributed by atoms with Crippen LogP contribution in [0.2, 0.25) is 0 Å². The van der Waals surface area contributed by atoms with E-state index in [1.807, 2.05) is 0 Å². The fourth-order valence-electron chi connectivity index (χ4n) is 3.74. The number of ether oxygens (including phenoxy) is 1. The lowest BCUT2D eigenvalue weighted by molar-refractivity contribution is 0.304. The van der Waals surface area contributed by atoms with E-state index < -0.39 is 0 Å². The van der Waals surface area contributed by atoms with Gasteiger partial charge in [0, 0.05) is 11.1 Å². The van der Waals surface area contributed by atoms with Crippen LogP contribution in [0.15, 0.2) is 58.4 Å². The molecule has 146 valence electrons. The number of rotatable bonds is 9. The molecule has 2 aromatic carbocycles. The minimum Gasteiger partial charge on any atom is -0.494 e. The zero-order valence-corrected chi connectivity index (χ0v) is 18.7. The van der Waals surface area contributed by atoms with Crippen LogP contribution in [0.5, 0.6) is 5.75 Å². The second-order valence-electron chi connectivity index (χ2n) is 7.23. The highest BCUT2D eigenvalue weighted by molar-refractivity contribution is 9.11. The molecule has 4 aromatic rings. The molecule has 0 N–H and O–H groups in total. The van der Waals surface area contributed by atoms with Crippen LogP contribution in [0.25, 0.3) is 26.8 Å².